The Bertz CT molecular complexity index is 1760. The van der Waals surface area contributed by atoms with E-state index in [1.165, 1.54) is 52.5 Å². The first-order valence-corrected chi connectivity index (χ1v) is 14.2. The summed E-state index contributed by atoms with van der Waals surface area (Å²) in [6.07, 6.45) is 4.20. The van der Waals surface area contributed by atoms with Crippen molar-refractivity contribution in [3.05, 3.63) is 107 Å². The highest BCUT2D eigenvalue weighted by Gasteiger charge is 2.55. The van der Waals surface area contributed by atoms with Crippen LogP contribution in [0.5, 0.6) is 0 Å². The molecule has 1 aliphatic carbocycles. The van der Waals surface area contributed by atoms with Gasteiger partial charge in [0.1, 0.15) is 24.0 Å². The summed E-state index contributed by atoms with van der Waals surface area (Å²) in [7, 11) is 0. The zero-order chi connectivity index (χ0) is 30.5. The Labute approximate surface area is 249 Å². The number of carbonyl (C=O) groups is 3. The minimum absolute atomic E-state index is 0.0720. The van der Waals surface area contributed by atoms with Gasteiger partial charge >= 0.3 is 0 Å². The van der Waals surface area contributed by atoms with Crippen LogP contribution in [0.25, 0.3) is 6.08 Å². The number of amides is 3. The van der Waals surface area contributed by atoms with Gasteiger partial charge in [0, 0.05) is 5.92 Å². The lowest BCUT2D eigenvalue weighted by molar-refractivity contribution is -0.136. The van der Waals surface area contributed by atoms with Gasteiger partial charge in [0.25, 0.3) is 17.7 Å². The van der Waals surface area contributed by atoms with Gasteiger partial charge in [-0.05, 0) is 84.5 Å². The largest absolute Gasteiger partial charge is 0.271 e. The van der Waals surface area contributed by atoms with Gasteiger partial charge in [0.2, 0.25) is 0 Å². The summed E-state index contributed by atoms with van der Waals surface area (Å²) < 4.78 is 41.3. The monoisotopic (exact) mass is 598 g/mol. The Hall–Kier alpha value is -5.13. The SMILES string of the molecule is O=C1C2N=NN(CC(=O)N3N=C4C(=Cc5ccc(F)cc5)CCCC4C3c3ccc(F)cc3)C2C(=O)N1c1cccc(F)c1. The highest BCUT2D eigenvalue weighted by Crippen LogP contribution is 2.45. The molecule has 12 heteroatoms. The zero-order valence-electron chi connectivity index (χ0n) is 23.2. The second-order valence-electron chi connectivity index (χ2n) is 11.1. The molecule has 0 N–H and O–H groups in total. The van der Waals surface area contributed by atoms with Crippen LogP contribution >= 0.6 is 0 Å². The summed E-state index contributed by atoms with van der Waals surface area (Å²) in [4.78, 5) is 41.3. The number of allylic oxidation sites excluding steroid dienone is 1. The number of hydrogen-bond acceptors (Lipinski definition) is 7. The van der Waals surface area contributed by atoms with Crippen LogP contribution < -0.4 is 4.90 Å². The second-order valence-corrected chi connectivity index (χ2v) is 11.1. The normalized spacial score (nSPS) is 25.1. The van der Waals surface area contributed by atoms with Crippen LogP contribution in [0, 0.1) is 23.4 Å². The van der Waals surface area contributed by atoms with E-state index >= 15 is 0 Å². The lowest BCUT2D eigenvalue weighted by Gasteiger charge is -2.30. The topological polar surface area (TPSA) is 98.0 Å². The zero-order valence-corrected chi connectivity index (χ0v) is 23.2. The Balaban J connectivity index is 1.19. The number of hydrazone groups is 1. The minimum Gasteiger partial charge on any atom is -0.271 e. The van der Waals surface area contributed by atoms with Gasteiger partial charge in [-0.2, -0.15) is 10.2 Å². The van der Waals surface area contributed by atoms with E-state index in [1.54, 1.807) is 24.3 Å². The van der Waals surface area contributed by atoms with Crippen molar-refractivity contribution in [2.75, 3.05) is 11.4 Å². The fraction of sp³-hybridized carbons (Fsp3) is 0.250. The molecule has 1 saturated heterocycles. The predicted octanol–water partition coefficient (Wildman–Crippen LogP) is 5.22. The molecule has 0 bridgehead atoms. The number of halogens is 3. The van der Waals surface area contributed by atoms with Crippen molar-refractivity contribution < 1.29 is 27.6 Å². The van der Waals surface area contributed by atoms with Crippen LogP contribution in [-0.4, -0.2) is 52.1 Å². The summed E-state index contributed by atoms with van der Waals surface area (Å²) in [5.41, 5.74) is 3.19. The van der Waals surface area contributed by atoms with Crippen LogP contribution in [0.2, 0.25) is 0 Å². The molecule has 2 fully saturated rings. The maximum absolute atomic E-state index is 14.0. The Morgan fingerprint density at radius 2 is 1.61 bits per heavy atom. The molecule has 7 rings (SSSR count). The van der Waals surface area contributed by atoms with Crippen LogP contribution in [0.1, 0.15) is 36.4 Å². The molecule has 3 aromatic carbocycles. The van der Waals surface area contributed by atoms with Crippen LogP contribution in [0.3, 0.4) is 0 Å². The van der Waals surface area contributed by atoms with E-state index in [0.717, 1.165) is 34.9 Å². The quantitative estimate of drug-likeness (QED) is 0.376. The van der Waals surface area contributed by atoms with E-state index < -0.39 is 54.0 Å². The first kappa shape index (κ1) is 27.7. The number of carbonyl (C=O) groups excluding carboxylic acids is 3. The van der Waals surface area contributed by atoms with Crippen molar-refractivity contribution in [3.8, 4) is 0 Å². The number of fused-ring (bicyclic) bond motifs is 2. The lowest BCUT2D eigenvalue weighted by Crippen LogP contribution is -2.45. The molecule has 4 aliphatic rings. The van der Waals surface area contributed by atoms with E-state index in [2.05, 4.69) is 10.3 Å². The summed E-state index contributed by atoms with van der Waals surface area (Å²) >= 11 is 0. The van der Waals surface area contributed by atoms with E-state index in [-0.39, 0.29) is 17.4 Å². The predicted molar refractivity (Wildman–Crippen MR) is 153 cm³/mol. The lowest BCUT2D eigenvalue weighted by atomic mass is 9.77. The van der Waals surface area contributed by atoms with Crippen molar-refractivity contribution in [2.45, 2.75) is 37.4 Å². The molecule has 9 nitrogen and oxygen atoms in total. The van der Waals surface area contributed by atoms with Crippen molar-refractivity contribution in [1.82, 2.24) is 10.0 Å². The Morgan fingerprint density at radius 3 is 2.34 bits per heavy atom. The molecule has 0 radical (unpaired) electrons. The second kappa shape index (κ2) is 10.9. The number of anilines is 1. The van der Waals surface area contributed by atoms with Gasteiger partial charge < -0.3 is 0 Å². The minimum atomic E-state index is -1.16. The molecular weight excluding hydrogens is 573 g/mol. The standard InChI is InChI=1S/C32H25F3N6O3/c33-21-11-7-18(8-12-21)15-20-3-1-6-25-27(20)37-41(29(25)19-9-13-22(34)14-10-19)26(42)17-39-30-28(36-38-39)31(43)40(32(30)44)24-5-2-4-23(35)16-24/h2,4-5,7-16,25,28-30H,1,3,6,17H2. The third-order valence-corrected chi connectivity index (χ3v) is 8.40. The maximum atomic E-state index is 14.0. The molecular formula is C32H25F3N6O3. The number of nitrogens with zero attached hydrogens (tertiary/aromatic N) is 6. The molecule has 0 aromatic heterocycles. The van der Waals surface area contributed by atoms with Crippen molar-refractivity contribution >= 4 is 35.2 Å². The highest BCUT2D eigenvalue weighted by molar-refractivity contribution is 6.25. The molecule has 3 heterocycles. The number of benzene rings is 3. The molecule has 3 aliphatic heterocycles. The van der Waals surface area contributed by atoms with Crippen LogP contribution in [0.15, 0.2) is 93.8 Å². The smallest absolute Gasteiger partial charge is 0.264 e. The molecule has 222 valence electrons. The van der Waals surface area contributed by atoms with Gasteiger partial charge in [0.15, 0.2) is 12.1 Å². The molecule has 1 saturated carbocycles. The van der Waals surface area contributed by atoms with Crippen molar-refractivity contribution in [1.29, 1.82) is 0 Å². The van der Waals surface area contributed by atoms with Crippen molar-refractivity contribution in [2.24, 2.45) is 21.4 Å². The fourth-order valence-corrected chi connectivity index (χ4v) is 6.40. The molecule has 3 amide bonds. The average molecular weight is 599 g/mol. The Morgan fingerprint density at radius 1 is 0.886 bits per heavy atom. The van der Waals surface area contributed by atoms with Gasteiger partial charge in [-0.25, -0.2) is 23.1 Å². The number of rotatable bonds is 5. The molecule has 0 spiro atoms. The van der Waals surface area contributed by atoms with E-state index in [9.17, 15) is 27.6 Å². The molecule has 3 aromatic rings. The molecule has 4 unspecified atom stereocenters. The van der Waals surface area contributed by atoms with Crippen LogP contribution in [0.4, 0.5) is 18.9 Å². The first-order valence-electron chi connectivity index (χ1n) is 14.2. The van der Waals surface area contributed by atoms with Gasteiger partial charge in [-0.3, -0.25) is 19.4 Å². The van der Waals surface area contributed by atoms with Crippen LogP contribution in [-0.2, 0) is 14.4 Å². The average Bonchev–Trinajstić information content (AvgIpc) is 3.68. The van der Waals surface area contributed by atoms with E-state index in [0.29, 0.717) is 17.7 Å². The highest BCUT2D eigenvalue weighted by atomic mass is 19.1. The third-order valence-electron chi connectivity index (χ3n) is 8.40. The van der Waals surface area contributed by atoms with Crippen molar-refractivity contribution in [3.63, 3.8) is 0 Å². The Kier molecular flexibility index (Phi) is 6.83. The van der Waals surface area contributed by atoms with E-state index in [4.69, 9.17) is 5.10 Å². The summed E-state index contributed by atoms with van der Waals surface area (Å²) in [6, 6.07) is 14.2. The van der Waals surface area contributed by atoms with Gasteiger partial charge in [-0.15, -0.1) is 0 Å². The summed E-state index contributed by atoms with van der Waals surface area (Å²) in [5, 5.41) is 15.3. The van der Waals surface area contributed by atoms with E-state index in [1.807, 2.05) is 6.08 Å². The molecule has 44 heavy (non-hydrogen) atoms. The van der Waals surface area contributed by atoms with Gasteiger partial charge in [-0.1, -0.05) is 35.6 Å². The molecule has 4 atom stereocenters. The third kappa shape index (κ3) is 4.76. The summed E-state index contributed by atoms with van der Waals surface area (Å²) in [5.74, 6) is -3.36. The summed E-state index contributed by atoms with van der Waals surface area (Å²) in [6.45, 7) is -0.404. The number of hydrogen-bond donors (Lipinski definition) is 0. The van der Waals surface area contributed by atoms with Gasteiger partial charge in [0.05, 0.1) is 17.4 Å². The number of imide groups is 1. The first-order chi connectivity index (χ1) is 21.3. The maximum Gasteiger partial charge on any atom is 0.264 e. The fourth-order valence-electron chi connectivity index (χ4n) is 6.40.